The van der Waals surface area contributed by atoms with E-state index in [1.54, 1.807) is 0 Å². The van der Waals surface area contributed by atoms with Crippen LogP contribution in [-0.4, -0.2) is 17.6 Å². The van der Waals surface area contributed by atoms with Gasteiger partial charge in [-0.2, -0.15) is 0 Å². The minimum atomic E-state index is -0.665. The molecule has 0 aromatic carbocycles. The molecule has 0 heterocycles. The van der Waals surface area contributed by atoms with E-state index in [4.69, 9.17) is 10.8 Å². The van der Waals surface area contributed by atoms with Gasteiger partial charge in [-0.15, -0.1) is 0 Å². The minimum absolute atomic E-state index is 0.322. The predicted molar refractivity (Wildman–Crippen MR) is 60.5 cm³/mol. The molecule has 0 saturated heterocycles. The van der Waals surface area contributed by atoms with E-state index < -0.39 is 5.97 Å². The SMILES string of the molecule is CCC(CN)[C@@H]1CCCC1CCC(=O)O. The lowest BCUT2D eigenvalue weighted by molar-refractivity contribution is -0.137. The second kappa shape index (κ2) is 6.11. The number of hydrogen-bond donors (Lipinski definition) is 2. The number of carbonyl (C=O) groups is 1. The molecule has 1 saturated carbocycles. The third-order valence-corrected chi connectivity index (χ3v) is 3.88. The van der Waals surface area contributed by atoms with Crippen LogP contribution in [0, 0.1) is 17.8 Å². The first kappa shape index (κ1) is 12.5. The van der Waals surface area contributed by atoms with Crippen molar-refractivity contribution in [3.8, 4) is 0 Å². The van der Waals surface area contributed by atoms with Gasteiger partial charge in [-0.1, -0.05) is 26.2 Å². The summed E-state index contributed by atoms with van der Waals surface area (Å²) in [5.41, 5.74) is 5.76. The van der Waals surface area contributed by atoms with Crippen LogP contribution in [0.3, 0.4) is 0 Å². The van der Waals surface area contributed by atoms with Gasteiger partial charge in [0, 0.05) is 6.42 Å². The molecule has 1 aliphatic carbocycles. The van der Waals surface area contributed by atoms with Gasteiger partial charge in [0.25, 0.3) is 0 Å². The quantitative estimate of drug-likeness (QED) is 0.711. The van der Waals surface area contributed by atoms with Gasteiger partial charge in [-0.3, -0.25) is 4.79 Å². The molecule has 3 nitrogen and oxygen atoms in total. The maximum absolute atomic E-state index is 10.5. The van der Waals surface area contributed by atoms with Crippen molar-refractivity contribution in [3.63, 3.8) is 0 Å². The van der Waals surface area contributed by atoms with Crippen LogP contribution in [-0.2, 0) is 4.79 Å². The molecule has 0 bridgehead atoms. The summed E-state index contributed by atoms with van der Waals surface area (Å²) in [7, 11) is 0. The molecular formula is C12H23NO2. The fraction of sp³-hybridized carbons (Fsp3) is 0.917. The average Bonchev–Trinajstić information content (AvgIpc) is 2.65. The minimum Gasteiger partial charge on any atom is -0.481 e. The van der Waals surface area contributed by atoms with E-state index in [0.717, 1.165) is 19.4 Å². The summed E-state index contributed by atoms with van der Waals surface area (Å²) in [6.07, 6.45) is 6.00. The highest BCUT2D eigenvalue weighted by molar-refractivity contribution is 5.66. The molecule has 2 unspecified atom stereocenters. The van der Waals surface area contributed by atoms with Gasteiger partial charge in [0.05, 0.1) is 0 Å². The Morgan fingerprint density at radius 1 is 1.53 bits per heavy atom. The summed E-state index contributed by atoms with van der Waals surface area (Å²) in [6, 6.07) is 0. The van der Waals surface area contributed by atoms with Crippen LogP contribution in [0.1, 0.15) is 45.4 Å². The lowest BCUT2D eigenvalue weighted by Gasteiger charge is -2.26. The first-order chi connectivity index (χ1) is 7.19. The summed E-state index contributed by atoms with van der Waals surface area (Å²) in [5, 5.41) is 8.69. The lowest BCUT2D eigenvalue weighted by Crippen LogP contribution is -2.26. The van der Waals surface area contributed by atoms with Crippen LogP contribution in [0.5, 0.6) is 0 Å². The van der Waals surface area contributed by atoms with E-state index in [2.05, 4.69) is 6.92 Å². The topological polar surface area (TPSA) is 63.3 Å². The molecule has 3 heteroatoms. The Morgan fingerprint density at radius 2 is 2.27 bits per heavy atom. The Bertz CT molecular complexity index is 202. The Labute approximate surface area is 92.0 Å². The Balaban J connectivity index is 2.44. The molecule has 1 aliphatic rings. The van der Waals surface area contributed by atoms with Gasteiger partial charge >= 0.3 is 5.97 Å². The van der Waals surface area contributed by atoms with E-state index in [-0.39, 0.29) is 0 Å². The van der Waals surface area contributed by atoms with E-state index >= 15 is 0 Å². The first-order valence-electron chi connectivity index (χ1n) is 6.10. The maximum atomic E-state index is 10.5. The number of hydrogen-bond acceptors (Lipinski definition) is 2. The average molecular weight is 213 g/mol. The van der Waals surface area contributed by atoms with E-state index in [1.165, 1.54) is 19.3 Å². The molecule has 0 radical (unpaired) electrons. The second-order valence-electron chi connectivity index (χ2n) is 4.69. The molecule has 15 heavy (non-hydrogen) atoms. The van der Waals surface area contributed by atoms with Crippen molar-refractivity contribution in [3.05, 3.63) is 0 Å². The number of carboxylic acid groups (broad SMARTS) is 1. The normalized spacial score (nSPS) is 27.9. The molecule has 0 aliphatic heterocycles. The number of carboxylic acids is 1. The van der Waals surface area contributed by atoms with Gasteiger partial charge < -0.3 is 10.8 Å². The Hall–Kier alpha value is -0.570. The summed E-state index contributed by atoms with van der Waals surface area (Å²) < 4.78 is 0. The van der Waals surface area contributed by atoms with Crippen molar-refractivity contribution in [2.24, 2.45) is 23.5 Å². The monoisotopic (exact) mass is 213 g/mol. The van der Waals surface area contributed by atoms with Gasteiger partial charge in [0.15, 0.2) is 0 Å². The van der Waals surface area contributed by atoms with Crippen molar-refractivity contribution in [1.29, 1.82) is 0 Å². The zero-order valence-electron chi connectivity index (χ0n) is 9.61. The van der Waals surface area contributed by atoms with Crippen molar-refractivity contribution < 1.29 is 9.90 Å². The van der Waals surface area contributed by atoms with Crippen molar-refractivity contribution in [1.82, 2.24) is 0 Å². The lowest BCUT2D eigenvalue weighted by atomic mass is 9.80. The van der Waals surface area contributed by atoms with Gasteiger partial charge in [-0.25, -0.2) is 0 Å². The molecular weight excluding hydrogens is 190 g/mol. The first-order valence-corrected chi connectivity index (χ1v) is 6.10. The number of rotatable bonds is 6. The van der Waals surface area contributed by atoms with Crippen LogP contribution in [0.15, 0.2) is 0 Å². The van der Waals surface area contributed by atoms with Crippen LogP contribution >= 0.6 is 0 Å². The predicted octanol–water partition coefficient (Wildman–Crippen LogP) is 2.25. The van der Waals surface area contributed by atoms with Crippen LogP contribution in [0.4, 0.5) is 0 Å². The third kappa shape index (κ3) is 3.49. The van der Waals surface area contributed by atoms with Crippen LogP contribution in [0.2, 0.25) is 0 Å². The van der Waals surface area contributed by atoms with Gasteiger partial charge in [0.2, 0.25) is 0 Å². The van der Waals surface area contributed by atoms with Crippen LogP contribution in [0.25, 0.3) is 0 Å². The molecule has 88 valence electrons. The molecule has 0 spiro atoms. The van der Waals surface area contributed by atoms with Crippen molar-refractivity contribution in [2.75, 3.05) is 6.54 Å². The number of nitrogens with two attached hydrogens (primary N) is 1. The highest BCUT2D eigenvalue weighted by Crippen LogP contribution is 2.40. The van der Waals surface area contributed by atoms with Crippen molar-refractivity contribution in [2.45, 2.75) is 45.4 Å². The highest BCUT2D eigenvalue weighted by atomic mass is 16.4. The Kier molecular flexibility index (Phi) is 5.09. The largest absolute Gasteiger partial charge is 0.481 e. The molecule has 1 rings (SSSR count). The summed E-state index contributed by atoms with van der Waals surface area (Å²) >= 11 is 0. The fourth-order valence-electron chi connectivity index (χ4n) is 3.00. The van der Waals surface area contributed by atoms with E-state index in [1.807, 2.05) is 0 Å². The van der Waals surface area contributed by atoms with E-state index in [0.29, 0.717) is 24.2 Å². The number of aliphatic carboxylic acids is 1. The maximum Gasteiger partial charge on any atom is 0.303 e. The van der Waals surface area contributed by atoms with Crippen molar-refractivity contribution >= 4 is 5.97 Å². The standard InChI is InChI=1S/C12H23NO2/c1-2-9(8-13)11-5-3-4-10(11)6-7-12(14)15/h9-11H,2-8,13H2,1H3,(H,14,15)/t9?,10?,11-/m0/s1. The Morgan fingerprint density at radius 3 is 2.80 bits per heavy atom. The molecule has 0 amide bonds. The zero-order chi connectivity index (χ0) is 11.3. The molecule has 1 fully saturated rings. The smallest absolute Gasteiger partial charge is 0.303 e. The zero-order valence-corrected chi connectivity index (χ0v) is 9.61. The molecule has 3 N–H and O–H groups in total. The summed E-state index contributed by atoms with van der Waals surface area (Å²) in [4.78, 5) is 10.5. The molecule has 0 aromatic heterocycles. The highest BCUT2D eigenvalue weighted by Gasteiger charge is 2.31. The molecule has 3 atom stereocenters. The third-order valence-electron chi connectivity index (χ3n) is 3.88. The second-order valence-corrected chi connectivity index (χ2v) is 4.69. The van der Waals surface area contributed by atoms with Crippen LogP contribution < -0.4 is 5.73 Å². The van der Waals surface area contributed by atoms with Gasteiger partial charge in [0.1, 0.15) is 0 Å². The summed E-state index contributed by atoms with van der Waals surface area (Å²) in [6.45, 7) is 2.94. The van der Waals surface area contributed by atoms with E-state index in [9.17, 15) is 4.79 Å². The molecule has 0 aromatic rings. The van der Waals surface area contributed by atoms with Gasteiger partial charge in [-0.05, 0) is 37.1 Å². The summed E-state index contributed by atoms with van der Waals surface area (Å²) in [5.74, 6) is 1.22. The fourth-order valence-corrected chi connectivity index (χ4v) is 3.00.